The van der Waals surface area contributed by atoms with Crippen molar-refractivity contribution >= 4 is 5.91 Å². The van der Waals surface area contributed by atoms with Crippen LogP contribution in [0.3, 0.4) is 0 Å². The second-order valence-corrected chi connectivity index (χ2v) is 4.90. The molecule has 3 N–H and O–H groups in total. The van der Waals surface area contributed by atoms with Gasteiger partial charge in [-0.3, -0.25) is 4.79 Å². The van der Waals surface area contributed by atoms with Crippen molar-refractivity contribution in [2.75, 3.05) is 6.54 Å². The molecule has 0 atom stereocenters. The molecule has 0 radical (unpaired) electrons. The number of aromatic hydroxyl groups is 1. The molecule has 1 saturated carbocycles. The van der Waals surface area contributed by atoms with Gasteiger partial charge in [0.15, 0.2) is 0 Å². The lowest BCUT2D eigenvalue weighted by atomic mass is 10.2. The average molecular weight is 266 g/mol. The van der Waals surface area contributed by atoms with Crippen LogP contribution in [0.15, 0.2) is 18.2 Å². The van der Waals surface area contributed by atoms with Crippen molar-refractivity contribution in [2.24, 2.45) is 0 Å². The zero-order chi connectivity index (χ0) is 13.7. The molecule has 2 rings (SSSR count). The standard InChI is InChI=1S/C14H19FN2O2/c15-11-3-6-13(18)10(8-11)9-16-7-1-2-14(19)17-12-4-5-12/h3,6,8,12,16,18H,1-2,4-5,7,9H2,(H,17,19). The van der Waals surface area contributed by atoms with E-state index in [-0.39, 0.29) is 17.5 Å². The topological polar surface area (TPSA) is 61.4 Å². The van der Waals surface area contributed by atoms with Gasteiger partial charge in [0.05, 0.1) is 0 Å². The largest absolute Gasteiger partial charge is 0.508 e. The molecule has 5 heteroatoms. The third kappa shape index (κ3) is 4.87. The number of hydrogen-bond acceptors (Lipinski definition) is 3. The molecular weight excluding hydrogens is 247 g/mol. The molecule has 0 unspecified atom stereocenters. The first-order valence-corrected chi connectivity index (χ1v) is 6.62. The maximum absolute atomic E-state index is 13.0. The third-order valence-corrected chi connectivity index (χ3v) is 3.06. The average Bonchev–Trinajstić information content (AvgIpc) is 3.17. The van der Waals surface area contributed by atoms with Crippen molar-refractivity contribution < 1.29 is 14.3 Å². The minimum atomic E-state index is -0.363. The summed E-state index contributed by atoms with van der Waals surface area (Å²) in [6.45, 7) is 1.06. The fourth-order valence-electron chi connectivity index (χ4n) is 1.82. The zero-order valence-electron chi connectivity index (χ0n) is 10.8. The highest BCUT2D eigenvalue weighted by Gasteiger charge is 2.22. The maximum Gasteiger partial charge on any atom is 0.220 e. The molecule has 104 valence electrons. The Labute approximate surface area is 112 Å². The van der Waals surface area contributed by atoms with Crippen LogP contribution < -0.4 is 10.6 Å². The fraction of sp³-hybridized carbons (Fsp3) is 0.500. The summed E-state index contributed by atoms with van der Waals surface area (Å²) in [6.07, 6.45) is 3.43. The number of carbonyl (C=O) groups excluding carboxylic acids is 1. The van der Waals surface area contributed by atoms with E-state index in [0.29, 0.717) is 31.1 Å². The monoisotopic (exact) mass is 266 g/mol. The molecule has 0 aliphatic heterocycles. The van der Waals surface area contributed by atoms with Crippen molar-refractivity contribution in [3.63, 3.8) is 0 Å². The number of amides is 1. The SMILES string of the molecule is O=C(CCCNCc1cc(F)ccc1O)NC1CC1. The first-order valence-electron chi connectivity index (χ1n) is 6.62. The smallest absolute Gasteiger partial charge is 0.220 e. The highest BCUT2D eigenvalue weighted by molar-refractivity contribution is 5.76. The van der Waals surface area contributed by atoms with Gasteiger partial charge >= 0.3 is 0 Å². The van der Waals surface area contributed by atoms with E-state index in [4.69, 9.17) is 0 Å². The van der Waals surface area contributed by atoms with Gasteiger partial charge in [-0.2, -0.15) is 0 Å². The summed E-state index contributed by atoms with van der Waals surface area (Å²) in [4.78, 5) is 11.4. The number of carbonyl (C=O) groups is 1. The van der Waals surface area contributed by atoms with E-state index in [2.05, 4.69) is 10.6 Å². The Hall–Kier alpha value is -1.62. The van der Waals surface area contributed by atoms with Crippen LogP contribution >= 0.6 is 0 Å². The van der Waals surface area contributed by atoms with Crippen molar-refractivity contribution in [2.45, 2.75) is 38.3 Å². The van der Waals surface area contributed by atoms with Gasteiger partial charge in [-0.1, -0.05) is 0 Å². The molecule has 1 aliphatic rings. The molecule has 1 aliphatic carbocycles. The maximum atomic E-state index is 13.0. The molecule has 0 saturated heterocycles. The summed E-state index contributed by atoms with van der Waals surface area (Å²) in [5.74, 6) is -0.184. The third-order valence-electron chi connectivity index (χ3n) is 3.06. The minimum absolute atomic E-state index is 0.0837. The van der Waals surface area contributed by atoms with Gasteiger partial charge in [0.2, 0.25) is 5.91 Å². The van der Waals surface area contributed by atoms with Crippen LogP contribution in [0.2, 0.25) is 0 Å². The highest BCUT2D eigenvalue weighted by atomic mass is 19.1. The molecule has 0 bridgehead atoms. The van der Waals surface area contributed by atoms with Gasteiger partial charge in [0.25, 0.3) is 0 Å². The Kier molecular flexibility index (Phi) is 4.74. The van der Waals surface area contributed by atoms with Crippen LogP contribution in [-0.4, -0.2) is 23.6 Å². The first-order chi connectivity index (χ1) is 9.15. The summed E-state index contributed by atoms with van der Waals surface area (Å²) in [7, 11) is 0. The van der Waals surface area contributed by atoms with Crippen LogP contribution in [0.25, 0.3) is 0 Å². The van der Waals surface area contributed by atoms with E-state index in [1.54, 1.807) is 0 Å². The fourth-order valence-corrected chi connectivity index (χ4v) is 1.82. The van der Waals surface area contributed by atoms with Crippen molar-refractivity contribution in [3.05, 3.63) is 29.6 Å². The second kappa shape index (κ2) is 6.52. The van der Waals surface area contributed by atoms with Crippen molar-refractivity contribution in [1.82, 2.24) is 10.6 Å². The van der Waals surface area contributed by atoms with Crippen LogP contribution in [0.4, 0.5) is 4.39 Å². The summed E-state index contributed by atoms with van der Waals surface area (Å²) >= 11 is 0. The minimum Gasteiger partial charge on any atom is -0.508 e. The second-order valence-electron chi connectivity index (χ2n) is 4.90. The lowest BCUT2D eigenvalue weighted by Gasteiger charge is -2.07. The molecule has 4 nitrogen and oxygen atoms in total. The number of phenolic OH excluding ortho intramolecular Hbond substituents is 1. The highest BCUT2D eigenvalue weighted by Crippen LogP contribution is 2.19. The normalized spacial score (nSPS) is 14.4. The summed E-state index contributed by atoms with van der Waals surface area (Å²) in [5, 5.41) is 15.5. The van der Waals surface area contributed by atoms with Crippen LogP contribution in [-0.2, 0) is 11.3 Å². The van der Waals surface area contributed by atoms with E-state index < -0.39 is 0 Å². The Balaban J connectivity index is 1.60. The summed E-state index contributed by atoms with van der Waals surface area (Å²) < 4.78 is 13.0. The quantitative estimate of drug-likeness (QED) is 0.658. The zero-order valence-corrected chi connectivity index (χ0v) is 10.8. The van der Waals surface area contributed by atoms with E-state index in [0.717, 1.165) is 19.3 Å². The van der Waals surface area contributed by atoms with E-state index >= 15 is 0 Å². The number of nitrogens with one attached hydrogen (secondary N) is 2. The molecule has 0 aromatic heterocycles. The van der Waals surface area contributed by atoms with E-state index in [9.17, 15) is 14.3 Å². The van der Waals surface area contributed by atoms with E-state index in [1.165, 1.54) is 18.2 Å². The van der Waals surface area contributed by atoms with E-state index in [1.807, 2.05) is 0 Å². The Morgan fingerprint density at radius 3 is 2.95 bits per heavy atom. The molecule has 1 fully saturated rings. The predicted molar refractivity (Wildman–Crippen MR) is 70.2 cm³/mol. The van der Waals surface area contributed by atoms with Crippen molar-refractivity contribution in [3.8, 4) is 5.75 Å². The Bertz CT molecular complexity index is 447. The molecule has 19 heavy (non-hydrogen) atoms. The number of benzene rings is 1. The molecule has 0 spiro atoms. The van der Waals surface area contributed by atoms with Crippen LogP contribution in [0.5, 0.6) is 5.75 Å². The van der Waals surface area contributed by atoms with Gasteiger partial charge < -0.3 is 15.7 Å². The molecule has 1 aromatic rings. The molecule has 1 amide bonds. The van der Waals surface area contributed by atoms with Gasteiger partial charge in [-0.25, -0.2) is 4.39 Å². The number of hydrogen-bond donors (Lipinski definition) is 3. The molecule has 0 heterocycles. The van der Waals surface area contributed by atoms with Gasteiger partial charge in [0, 0.05) is 24.6 Å². The number of halogens is 1. The lowest BCUT2D eigenvalue weighted by molar-refractivity contribution is -0.121. The predicted octanol–water partition coefficient (Wildman–Crippen LogP) is 1.68. The summed E-state index contributed by atoms with van der Waals surface area (Å²) in [6, 6.07) is 4.28. The number of rotatable bonds is 7. The molecular formula is C14H19FN2O2. The number of phenols is 1. The van der Waals surface area contributed by atoms with Gasteiger partial charge in [-0.05, 0) is 44.0 Å². The summed E-state index contributed by atoms with van der Waals surface area (Å²) in [5.41, 5.74) is 0.530. The Morgan fingerprint density at radius 1 is 1.42 bits per heavy atom. The van der Waals surface area contributed by atoms with Crippen molar-refractivity contribution in [1.29, 1.82) is 0 Å². The van der Waals surface area contributed by atoms with Gasteiger partial charge in [0.1, 0.15) is 11.6 Å². The first kappa shape index (κ1) is 13.8. The Morgan fingerprint density at radius 2 is 2.21 bits per heavy atom. The van der Waals surface area contributed by atoms with Crippen LogP contribution in [0.1, 0.15) is 31.2 Å². The van der Waals surface area contributed by atoms with Gasteiger partial charge in [-0.15, -0.1) is 0 Å². The lowest BCUT2D eigenvalue weighted by Crippen LogP contribution is -2.26. The molecule has 1 aromatic carbocycles. The van der Waals surface area contributed by atoms with Crippen LogP contribution in [0, 0.1) is 5.82 Å².